The van der Waals surface area contributed by atoms with Gasteiger partial charge in [-0.1, -0.05) is 57.0 Å². The van der Waals surface area contributed by atoms with Crippen LogP contribution in [0.4, 0.5) is 0 Å². The first-order valence-corrected chi connectivity index (χ1v) is 8.32. The van der Waals surface area contributed by atoms with Gasteiger partial charge >= 0.3 is 0 Å². The Morgan fingerprint density at radius 2 is 1.81 bits per heavy atom. The van der Waals surface area contributed by atoms with Crippen LogP contribution >= 0.6 is 0 Å². The number of rotatable bonds is 6. The predicted octanol–water partition coefficient (Wildman–Crippen LogP) is 3.28. The molecule has 2 N–H and O–H groups in total. The van der Waals surface area contributed by atoms with Crippen molar-refractivity contribution in [3.05, 3.63) is 35.9 Å². The molecule has 3 heteroatoms. The van der Waals surface area contributed by atoms with Crippen LogP contribution in [0.25, 0.3) is 0 Å². The van der Waals surface area contributed by atoms with Crippen molar-refractivity contribution >= 4 is 5.91 Å². The second-order valence-electron chi connectivity index (χ2n) is 6.00. The van der Waals surface area contributed by atoms with Crippen molar-refractivity contribution in [1.82, 2.24) is 10.6 Å². The Morgan fingerprint density at radius 1 is 1.19 bits per heavy atom. The van der Waals surface area contributed by atoms with E-state index in [9.17, 15) is 4.79 Å². The minimum atomic E-state index is 0.142. The highest BCUT2D eigenvalue weighted by molar-refractivity contribution is 5.79. The maximum Gasteiger partial charge on any atom is 0.223 e. The largest absolute Gasteiger partial charge is 0.349 e. The Bertz CT molecular complexity index is 422. The maximum atomic E-state index is 12.6. The molecule has 1 amide bonds. The van der Waals surface area contributed by atoms with Crippen molar-refractivity contribution in [1.29, 1.82) is 0 Å². The lowest BCUT2D eigenvalue weighted by Gasteiger charge is -2.30. The fraction of sp³-hybridized carbons (Fsp3) is 0.611. The van der Waals surface area contributed by atoms with Crippen molar-refractivity contribution in [3.8, 4) is 0 Å². The molecular weight excluding hydrogens is 260 g/mol. The first-order valence-electron chi connectivity index (χ1n) is 8.32. The summed E-state index contributed by atoms with van der Waals surface area (Å²) in [5, 5.41) is 6.66. The lowest BCUT2D eigenvalue weighted by atomic mass is 9.87. The number of carbonyl (C=O) groups excluding carboxylic acids is 1. The molecule has 2 rings (SSSR count). The Balaban J connectivity index is 2.10. The standard InChI is InChI=1S/C18H28N2O/c1-3-14(4-2)17(15-8-6-5-7-9-15)20-18(21)16-10-12-19-13-11-16/h5-9,14,16-17,19H,3-4,10-13H2,1-2H3,(H,20,21). The van der Waals surface area contributed by atoms with Gasteiger partial charge in [0, 0.05) is 5.92 Å². The van der Waals surface area contributed by atoms with Gasteiger partial charge in [-0.15, -0.1) is 0 Å². The second kappa shape index (κ2) is 8.18. The molecule has 1 fully saturated rings. The number of hydrogen-bond donors (Lipinski definition) is 2. The van der Waals surface area contributed by atoms with Crippen molar-refractivity contribution in [2.75, 3.05) is 13.1 Å². The van der Waals surface area contributed by atoms with E-state index < -0.39 is 0 Å². The summed E-state index contributed by atoms with van der Waals surface area (Å²) in [5.41, 5.74) is 1.23. The van der Waals surface area contributed by atoms with Crippen LogP contribution in [-0.2, 0) is 4.79 Å². The molecule has 0 bridgehead atoms. The smallest absolute Gasteiger partial charge is 0.223 e. The average Bonchev–Trinajstić information content (AvgIpc) is 2.56. The molecule has 1 aliphatic rings. The number of carbonyl (C=O) groups is 1. The third-order valence-corrected chi connectivity index (χ3v) is 4.69. The first-order chi connectivity index (χ1) is 10.3. The van der Waals surface area contributed by atoms with Crippen molar-refractivity contribution in [2.45, 2.75) is 45.6 Å². The van der Waals surface area contributed by atoms with Crippen LogP contribution in [0.15, 0.2) is 30.3 Å². The molecule has 1 heterocycles. The minimum Gasteiger partial charge on any atom is -0.349 e. The molecule has 116 valence electrons. The van der Waals surface area contributed by atoms with Gasteiger partial charge in [0.2, 0.25) is 5.91 Å². The molecule has 0 spiro atoms. The van der Waals surface area contributed by atoms with Crippen LogP contribution in [0.1, 0.15) is 51.1 Å². The Labute approximate surface area is 128 Å². The second-order valence-corrected chi connectivity index (χ2v) is 6.00. The minimum absolute atomic E-state index is 0.142. The lowest BCUT2D eigenvalue weighted by Crippen LogP contribution is -2.41. The Kier molecular flexibility index (Phi) is 6.24. The molecule has 1 aromatic carbocycles. The maximum absolute atomic E-state index is 12.6. The van der Waals surface area contributed by atoms with Crippen molar-refractivity contribution < 1.29 is 4.79 Å². The normalized spacial score (nSPS) is 17.7. The van der Waals surface area contributed by atoms with E-state index in [1.165, 1.54) is 5.56 Å². The summed E-state index contributed by atoms with van der Waals surface area (Å²) in [6.45, 7) is 6.33. The van der Waals surface area contributed by atoms with E-state index in [0.29, 0.717) is 5.92 Å². The Morgan fingerprint density at radius 3 is 2.38 bits per heavy atom. The molecule has 1 unspecified atom stereocenters. The van der Waals surface area contributed by atoms with E-state index in [1.54, 1.807) is 0 Å². The monoisotopic (exact) mass is 288 g/mol. The molecule has 3 nitrogen and oxygen atoms in total. The molecule has 0 aliphatic carbocycles. The molecule has 1 aromatic rings. The van der Waals surface area contributed by atoms with Gasteiger partial charge in [-0.05, 0) is 37.4 Å². The highest BCUT2D eigenvalue weighted by atomic mass is 16.1. The van der Waals surface area contributed by atoms with E-state index in [4.69, 9.17) is 0 Å². The summed E-state index contributed by atoms with van der Waals surface area (Å²) in [6, 6.07) is 10.5. The van der Waals surface area contributed by atoms with Crippen LogP contribution in [0.3, 0.4) is 0 Å². The zero-order chi connectivity index (χ0) is 15.1. The van der Waals surface area contributed by atoms with Gasteiger partial charge in [-0.2, -0.15) is 0 Å². The lowest BCUT2D eigenvalue weighted by molar-refractivity contribution is -0.127. The zero-order valence-electron chi connectivity index (χ0n) is 13.3. The van der Waals surface area contributed by atoms with Gasteiger partial charge in [0.25, 0.3) is 0 Å². The quantitative estimate of drug-likeness (QED) is 0.843. The topological polar surface area (TPSA) is 41.1 Å². The van der Waals surface area contributed by atoms with Crippen LogP contribution in [0.5, 0.6) is 0 Å². The van der Waals surface area contributed by atoms with Gasteiger partial charge < -0.3 is 10.6 Å². The third kappa shape index (κ3) is 4.31. The molecule has 0 aromatic heterocycles. The molecule has 0 radical (unpaired) electrons. The van der Waals surface area contributed by atoms with Gasteiger partial charge in [0.1, 0.15) is 0 Å². The number of amides is 1. The van der Waals surface area contributed by atoms with E-state index in [2.05, 4.69) is 48.7 Å². The van der Waals surface area contributed by atoms with Gasteiger partial charge in [0.15, 0.2) is 0 Å². The van der Waals surface area contributed by atoms with E-state index in [-0.39, 0.29) is 17.9 Å². The summed E-state index contributed by atoms with van der Waals surface area (Å²) in [5.74, 6) is 0.905. The van der Waals surface area contributed by atoms with E-state index >= 15 is 0 Å². The molecule has 21 heavy (non-hydrogen) atoms. The molecule has 1 atom stereocenters. The fourth-order valence-corrected chi connectivity index (χ4v) is 3.25. The van der Waals surface area contributed by atoms with E-state index in [1.807, 2.05) is 6.07 Å². The van der Waals surface area contributed by atoms with Crippen LogP contribution in [0.2, 0.25) is 0 Å². The first kappa shape index (κ1) is 16.0. The number of hydrogen-bond acceptors (Lipinski definition) is 2. The number of piperidine rings is 1. The Hall–Kier alpha value is -1.35. The van der Waals surface area contributed by atoms with Gasteiger partial charge in [-0.25, -0.2) is 0 Å². The predicted molar refractivity (Wildman–Crippen MR) is 87.0 cm³/mol. The van der Waals surface area contributed by atoms with Gasteiger partial charge in [0.05, 0.1) is 6.04 Å². The van der Waals surface area contributed by atoms with Crippen LogP contribution < -0.4 is 10.6 Å². The summed E-state index contributed by atoms with van der Waals surface area (Å²) in [6.07, 6.45) is 4.08. The molecular formula is C18H28N2O. The SMILES string of the molecule is CCC(CC)C(NC(=O)C1CCNCC1)c1ccccc1. The van der Waals surface area contributed by atoms with Crippen molar-refractivity contribution in [2.24, 2.45) is 11.8 Å². The molecule has 0 saturated carbocycles. The third-order valence-electron chi connectivity index (χ3n) is 4.69. The highest BCUT2D eigenvalue weighted by Gasteiger charge is 2.27. The number of nitrogens with one attached hydrogen (secondary N) is 2. The van der Waals surface area contributed by atoms with E-state index in [0.717, 1.165) is 38.8 Å². The molecule has 1 saturated heterocycles. The van der Waals surface area contributed by atoms with Crippen LogP contribution in [-0.4, -0.2) is 19.0 Å². The summed E-state index contributed by atoms with van der Waals surface area (Å²) in [7, 11) is 0. The van der Waals surface area contributed by atoms with Crippen molar-refractivity contribution in [3.63, 3.8) is 0 Å². The number of benzene rings is 1. The summed E-state index contributed by atoms with van der Waals surface area (Å²) >= 11 is 0. The summed E-state index contributed by atoms with van der Waals surface area (Å²) < 4.78 is 0. The summed E-state index contributed by atoms with van der Waals surface area (Å²) in [4.78, 5) is 12.6. The average molecular weight is 288 g/mol. The van der Waals surface area contributed by atoms with Gasteiger partial charge in [-0.3, -0.25) is 4.79 Å². The molecule has 1 aliphatic heterocycles. The zero-order valence-corrected chi connectivity index (χ0v) is 13.3. The fourth-order valence-electron chi connectivity index (χ4n) is 3.25. The van der Waals surface area contributed by atoms with Crippen LogP contribution in [0, 0.1) is 11.8 Å². The highest BCUT2D eigenvalue weighted by Crippen LogP contribution is 2.28.